The predicted octanol–water partition coefficient (Wildman–Crippen LogP) is 3.01. The monoisotopic (exact) mass is 289 g/mol. The molecule has 0 radical (unpaired) electrons. The molecule has 0 aromatic carbocycles. The lowest BCUT2D eigenvalue weighted by molar-refractivity contribution is 0.213. The molecule has 0 spiro atoms. The summed E-state index contributed by atoms with van der Waals surface area (Å²) in [4.78, 5) is 0. The largest absolute Gasteiger partial charge is 0.314 e. The predicted molar refractivity (Wildman–Crippen MR) is 82.1 cm³/mol. The Hall–Kier alpha value is -0.0900. The molecule has 3 nitrogen and oxygen atoms in total. The fourth-order valence-corrected chi connectivity index (χ4v) is 3.68. The molecule has 1 saturated carbocycles. The van der Waals surface area contributed by atoms with Gasteiger partial charge in [0, 0.05) is 12.3 Å². The third-order valence-electron chi connectivity index (χ3n) is 4.32. The second-order valence-electron chi connectivity index (χ2n) is 7.21. The number of hydrogen-bond donors (Lipinski definition) is 1. The summed E-state index contributed by atoms with van der Waals surface area (Å²) in [5, 5.41) is 3.54. The third-order valence-corrected chi connectivity index (χ3v) is 5.35. The molecule has 19 heavy (non-hydrogen) atoms. The maximum absolute atomic E-state index is 11.1. The summed E-state index contributed by atoms with van der Waals surface area (Å²) in [6, 6.07) is 0.590. The van der Waals surface area contributed by atoms with E-state index in [-0.39, 0.29) is 0 Å². The molecule has 2 atom stereocenters. The SMILES string of the molecule is CC(C)(C)C1CCCC(NCCCS(C)(=O)=O)CC1. The van der Waals surface area contributed by atoms with Crippen LogP contribution in [0.1, 0.15) is 59.3 Å². The van der Waals surface area contributed by atoms with Crippen molar-refractivity contribution in [1.82, 2.24) is 5.32 Å². The molecule has 0 amide bonds. The number of nitrogens with one attached hydrogen (secondary N) is 1. The molecule has 1 fully saturated rings. The Bertz CT molecular complexity index is 357. The number of rotatable bonds is 5. The van der Waals surface area contributed by atoms with Gasteiger partial charge in [-0.2, -0.15) is 0 Å². The molecule has 1 aliphatic carbocycles. The highest BCUT2D eigenvalue weighted by atomic mass is 32.2. The van der Waals surface area contributed by atoms with E-state index in [1.807, 2.05) is 0 Å². The molecule has 0 aromatic rings. The minimum atomic E-state index is -2.80. The fraction of sp³-hybridized carbons (Fsp3) is 1.00. The maximum Gasteiger partial charge on any atom is 0.147 e. The lowest BCUT2D eigenvalue weighted by Crippen LogP contribution is -2.30. The molecular weight excluding hydrogens is 258 g/mol. The van der Waals surface area contributed by atoms with Gasteiger partial charge < -0.3 is 5.32 Å². The van der Waals surface area contributed by atoms with Gasteiger partial charge in [0.1, 0.15) is 9.84 Å². The molecule has 1 aliphatic rings. The van der Waals surface area contributed by atoms with Crippen LogP contribution in [0.3, 0.4) is 0 Å². The first-order chi connectivity index (χ1) is 8.68. The van der Waals surface area contributed by atoms with Gasteiger partial charge in [-0.3, -0.25) is 0 Å². The molecule has 2 unspecified atom stereocenters. The molecule has 4 heteroatoms. The summed E-state index contributed by atoms with van der Waals surface area (Å²) < 4.78 is 22.1. The van der Waals surface area contributed by atoms with Crippen LogP contribution in [-0.4, -0.2) is 33.0 Å². The number of hydrogen-bond acceptors (Lipinski definition) is 3. The first-order valence-corrected chi connectivity index (χ1v) is 9.65. The van der Waals surface area contributed by atoms with Crippen LogP contribution in [0.4, 0.5) is 0 Å². The van der Waals surface area contributed by atoms with Crippen LogP contribution in [-0.2, 0) is 9.84 Å². The topological polar surface area (TPSA) is 46.2 Å². The van der Waals surface area contributed by atoms with Crippen LogP contribution < -0.4 is 5.32 Å². The molecule has 1 rings (SSSR count). The highest BCUT2D eigenvalue weighted by Crippen LogP contribution is 2.36. The van der Waals surface area contributed by atoms with Crippen molar-refractivity contribution in [2.75, 3.05) is 18.6 Å². The Balaban J connectivity index is 2.26. The molecule has 0 saturated heterocycles. The fourth-order valence-electron chi connectivity index (χ4n) is 3.01. The highest BCUT2D eigenvalue weighted by Gasteiger charge is 2.27. The minimum Gasteiger partial charge on any atom is -0.314 e. The van der Waals surface area contributed by atoms with Gasteiger partial charge in [0.2, 0.25) is 0 Å². The standard InChI is InChI=1S/C15H31NO2S/c1-15(2,3)13-7-5-8-14(10-9-13)16-11-6-12-19(4,17)18/h13-14,16H,5-12H2,1-4H3. The zero-order chi connectivity index (χ0) is 14.5. The zero-order valence-corrected chi connectivity index (χ0v) is 13.9. The molecule has 0 aromatic heterocycles. The Morgan fingerprint density at radius 3 is 2.37 bits per heavy atom. The van der Waals surface area contributed by atoms with Crippen molar-refractivity contribution in [2.24, 2.45) is 11.3 Å². The van der Waals surface area contributed by atoms with E-state index >= 15 is 0 Å². The summed E-state index contributed by atoms with van der Waals surface area (Å²) in [5.41, 5.74) is 0.422. The van der Waals surface area contributed by atoms with Crippen molar-refractivity contribution < 1.29 is 8.42 Å². The van der Waals surface area contributed by atoms with E-state index in [1.165, 1.54) is 38.4 Å². The van der Waals surface area contributed by atoms with Crippen LogP contribution in [0.5, 0.6) is 0 Å². The third kappa shape index (κ3) is 7.31. The second kappa shape index (κ2) is 7.07. The van der Waals surface area contributed by atoms with Crippen molar-refractivity contribution >= 4 is 9.84 Å². The van der Waals surface area contributed by atoms with Crippen LogP contribution in [0.25, 0.3) is 0 Å². The summed E-state index contributed by atoms with van der Waals surface area (Å²) in [6.45, 7) is 7.87. The quantitative estimate of drug-likeness (QED) is 0.625. The average molecular weight is 289 g/mol. The zero-order valence-electron chi connectivity index (χ0n) is 13.0. The van der Waals surface area contributed by atoms with Gasteiger partial charge in [-0.05, 0) is 50.0 Å². The summed E-state index contributed by atoms with van der Waals surface area (Å²) in [7, 11) is -2.80. The van der Waals surface area contributed by atoms with Gasteiger partial charge in [-0.25, -0.2) is 8.42 Å². The average Bonchev–Trinajstić information content (AvgIpc) is 2.47. The van der Waals surface area contributed by atoms with Crippen molar-refractivity contribution in [1.29, 1.82) is 0 Å². The number of sulfone groups is 1. The Morgan fingerprint density at radius 2 is 1.79 bits per heavy atom. The van der Waals surface area contributed by atoms with E-state index in [2.05, 4.69) is 26.1 Å². The Labute approximate surface area is 119 Å². The Morgan fingerprint density at radius 1 is 1.11 bits per heavy atom. The van der Waals surface area contributed by atoms with Crippen molar-refractivity contribution in [3.05, 3.63) is 0 Å². The van der Waals surface area contributed by atoms with E-state index in [0.717, 1.165) is 18.9 Å². The van der Waals surface area contributed by atoms with E-state index in [0.29, 0.717) is 17.2 Å². The van der Waals surface area contributed by atoms with E-state index in [4.69, 9.17) is 0 Å². The smallest absolute Gasteiger partial charge is 0.147 e. The van der Waals surface area contributed by atoms with Gasteiger partial charge in [0.05, 0.1) is 5.75 Å². The molecule has 114 valence electrons. The Kier molecular flexibility index (Phi) is 6.31. The first-order valence-electron chi connectivity index (χ1n) is 7.59. The van der Waals surface area contributed by atoms with E-state index in [1.54, 1.807) is 0 Å². The van der Waals surface area contributed by atoms with Crippen LogP contribution in [0, 0.1) is 11.3 Å². The molecule has 0 aliphatic heterocycles. The summed E-state index contributed by atoms with van der Waals surface area (Å²) in [6.07, 6.45) is 8.46. The highest BCUT2D eigenvalue weighted by molar-refractivity contribution is 7.90. The molecular formula is C15H31NO2S. The van der Waals surface area contributed by atoms with Gasteiger partial charge in [-0.1, -0.05) is 27.2 Å². The van der Waals surface area contributed by atoms with Gasteiger partial charge in [-0.15, -0.1) is 0 Å². The van der Waals surface area contributed by atoms with Crippen molar-refractivity contribution in [3.63, 3.8) is 0 Å². The molecule has 0 heterocycles. The first kappa shape index (κ1) is 17.0. The van der Waals surface area contributed by atoms with Gasteiger partial charge in [0.25, 0.3) is 0 Å². The van der Waals surface area contributed by atoms with Gasteiger partial charge >= 0.3 is 0 Å². The van der Waals surface area contributed by atoms with Crippen LogP contribution >= 0.6 is 0 Å². The van der Waals surface area contributed by atoms with Crippen molar-refractivity contribution in [3.8, 4) is 0 Å². The van der Waals surface area contributed by atoms with E-state index in [9.17, 15) is 8.42 Å². The summed E-state index contributed by atoms with van der Waals surface area (Å²) in [5.74, 6) is 1.13. The lowest BCUT2D eigenvalue weighted by Gasteiger charge is -2.29. The summed E-state index contributed by atoms with van der Waals surface area (Å²) >= 11 is 0. The van der Waals surface area contributed by atoms with Crippen molar-refractivity contribution in [2.45, 2.75) is 65.3 Å². The normalized spacial score (nSPS) is 26.1. The minimum absolute atomic E-state index is 0.303. The maximum atomic E-state index is 11.1. The molecule has 1 N–H and O–H groups in total. The van der Waals surface area contributed by atoms with Crippen LogP contribution in [0.2, 0.25) is 0 Å². The van der Waals surface area contributed by atoms with E-state index < -0.39 is 9.84 Å². The second-order valence-corrected chi connectivity index (χ2v) is 9.47. The van der Waals surface area contributed by atoms with Crippen LogP contribution in [0.15, 0.2) is 0 Å². The molecule has 0 bridgehead atoms. The van der Waals surface area contributed by atoms with Gasteiger partial charge in [0.15, 0.2) is 0 Å². The lowest BCUT2D eigenvalue weighted by atomic mass is 9.76.